The summed E-state index contributed by atoms with van der Waals surface area (Å²) in [5.41, 5.74) is 3.68. The Hall–Kier alpha value is -2.80. The number of carbonyl (C=O) groups is 2. The number of anilines is 1. The molecule has 2 atom stereocenters. The van der Waals surface area contributed by atoms with Crippen molar-refractivity contribution in [3.05, 3.63) is 54.9 Å². The predicted octanol–water partition coefficient (Wildman–Crippen LogP) is 3.42. The number of thioether (sulfide) groups is 1. The van der Waals surface area contributed by atoms with Crippen LogP contribution in [-0.4, -0.2) is 42.9 Å². The molecule has 2 aliphatic heterocycles. The Morgan fingerprint density at radius 2 is 2.00 bits per heavy atom. The molecule has 2 amide bonds. The quantitative estimate of drug-likeness (QED) is 0.742. The summed E-state index contributed by atoms with van der Waals surface area (Å²) in [4.78, 5) is 31.0. The molecular weight excluding hydrogens is 372 g/mol. The number of amides is 2. The minimum absolute atomic E-state index is 0.0787. The van der Waals surface area contributed by atoms with Gasteiger partial charge in [-0.2, -0.15) is 0 Å². The summed E-state index contributed by atoms with van der Waals surface area (Å²) < 4.78 is 2.02. The van der Waals surface area contributed by atoms with Crippen molar-refractivity contribution >= 4 is 40.3 Å². The molecule has 2 aliphatic rings. The van der Waals surface area contributed by atoms with Crippen molar-refractivity contribution in [1.29, 1.82) is 0 Å². The third-order valence-electron chi connectivity index (χ3n) is 5.61. The second-order valence-electron chi connectivity index (χ2n) is 7.40. The number of imidazole rings is 1. The molecule has 6 nitrogen and oxygen atoms in total. The Balaban J connectivity index is 1.34. The van der Waals surface area contributed by atoms with Gasteiger partial charge in [0, 0.05) is 23.5 Å². The highest BCUT2D eigenvalue weighted by Crippen LogP contribution is 2.47. The third kappa shape index (κ3) is 2.69. The molecule has 0 bridgehead atoms. The molecule has 1 N–H and O–H groups in total. The van der Waals surface area contributed by atoms with Gasteiger partial charge in [-0.15, -0.1) is 11.8 Å². The van der Waals surface area contributed by atoms with Crippen LogP contribution in [0.3, 0.4) is 0 Å². The highest BCUT2D eigenvalue weighted by Gasteiger charge is 2.52. The van der Waals surface area contributed by atoms with E-state index in [1.165, 1.54) is 0 Å². The van der Waals surface area contributed by atoms with E-state index in [0.29, 0.717) is 12.2 Å². The molecule has 2 saturated heterocycles. The van der Waals surface area contributed by atoms with Gasteiger partial charge in [-0.05, 0) is 49.7 Å². The molecule has 2 fully saturated rings. The topological polar surface area (TPSA) is 67.2 Å². The van der Waals surface area contributed by atoms with Gasteiger partial charge in [0.2, 0.25) is 11.8 Å². The van der Waals surface area contributed by atoms with E-state index in [1.54, 1.807) is 23.0 Å². The lowest BCUT2D eigenvalue weighted by molar-refractivity contribution is -0.135. The Labute approximate surface area is 166 Å². The number of rotatable bonds is 3. The van der Waals surface area contributed by atoms with Crippen molar-refractivity contribution in [2.24, 2.45) is 0 Å². The molecule has 0 radical (unpaired) electrons. The standard InChI is InChI=1S/C21H20N4O2S/c1-21-11-10-19(26)25(21)18(12-28-21)20(27)23-14-6-8-15(9-7-14)24-13-22-16-4-2-3-5-17(16)24/h2-9,13,18H,10-12H2,1H3,(H,23,27). The van der Waals surface area contributed by atoms with Gasteiger partial charge >= 0.3 is 0 Å². The molecule has 3 heterocycles. The molecule has 0 aliphatic carbocycles. The predicted molar refractivity (Wildman–Crippen MR) is 110 cm³/mol. The van der Waals surface area contributed by atoms with Gasteiger partial charge < -0.3 is 10.2 Å². The Kier molecular flexibility index (Phi) is 3.94. The normalized spacial score (nSPS) is 24.0. The maximum atomic E-state index is 12.8. The van der Waals surface area contributed by atoms with Gasteiger partial charge in [0.25, 0.3) is 0 Å². The summed E-state index contributed by atoms with van der Waals surface area (Å²) in [5, 5.41) is 2.97. The summed E-state index contributed by atoms with van der Waals surface area (Å²) in [6, 6.07) is 15.2. The summed E-state index contributed by atoms with van der Waals surface area (Å²) in [6.07, 6.45) is 3.14. The van der Waals surface area contributed by atoms with Crippen LogP contribution >= 0.6 is 11.8 Å². The number of carbonyl (C=O) groups excluding carboxylic acids is 2. The molecule has 1 aromatic heterocycles. The fourth-order valence-electron chi connectivity index (χ4n) is 4.11. The number of hydrogen-bond acceptors (Lipinski definition) is 4. The lowest BCUT2D eigenvalue weighted by atomic mass is 10.2. The van der Waals surface area contributed by atoms with Crippen LogP contribution in [0.2, 0.25) is 0 Å². The average Bonchev–Trinajstić information content (AvgIpc) is 3.36. The summed E-state index contributed by atoms with van der Waals surface area (Å²) in [6.45, 7) is 2.06. The van der Waals surface area contributed by atoms with E-state index in [4.69, 9.17) is 0 Å². The molecule has 3 aromatic rings. The zero-order valence-corrected chi connectivity index (χ0v) is 16.3. The highest BCUT2D eigenvalue weighted by atomic mass is 32.2. The van der Waals surface area contributed by atoms with E-state index in [0.717, 1.165) is 28.8 Å². The molecular formula is C21H20N4O2S. The van der Waals surface area contributed by atoms with Crippen molar-refractivity contribution in [3.8, 4) is 5.69 Å². The maximum absolute atomic E-state index is 12.8. The van der Waals surface area contributed by atoms with Gasteiger partial charge in [0.1, 0.15) is 12.4 Å². The minimum Gasteiger partial charge on any atom is -0.324 e. The fourth-order valence-corrected chi connectivity index (χ4v) is 5.54. The van der Waals surface area contributed by atoms with E-state index in [9.17, 15) is 9.59 Å². The van der Waals surface area contributed by atoms with E-state index < -0.39 is 6.04 Å². The molecule has 5 rings (SSSR count). The molecule has 7 heteroatoms. The second kappa shape index (κ2) is 6.38. The van der Waals surface area contributed by atoms with Crippen molar-refractivity contribution in [2.75, 3.05) is 11.1 Å². The van der Waals surface area contributed by atoms with Crippen LogP contribution in [0.25, 0.3) is 16.7 Å². The first-order valence-corrected chi connectivity index (χ1v) is 10.3. The number of benzene rings is 2. The molecule has 0 spiro atoms. The minimum atomic E-state index is -0.401. The number of fused-ring (bicyclic) bond motifs is 2. The van der Waals surface area contributed by atoms with Crippen LogP contribution < -0.4 is 5.32 Å². The fraction of sp³-hybridized carbons (Fsp3) is 0.286. The average molecular weight is 392 g/mol. The summed E-state index contributed by atoms with van der Waals surface area (Å²) in [5.74, 6) is 0.606. The monoisotopic (exact) mass is 392 g/mol. The smallest absolute Gasteiger partial charge is 0.248 e. The number of nitrogens with one attached hydrogen (secondary N) is 1. The number of nitrogens with zero attached hydrogens (tertiary/aromatic N) is 3. The zero-order chi connectivity index (χ0) is 19.3. The van der Waals surface area contributed by atoms with Crippen LogP contribution in [0, 0.1) is 0 Å². The zero-order valence-electron chi connectivity index (χ0n) is 15.5. The van der Waals surface area contributed by atoms with E-state index in [2.05, 4.69) is 17.2 Å². The lowest BCUT2D eigenvalue weighted by Gasteiger charge is -2.29. The van der Waals surface area contributed by atoms with E-state index >= 15 is 0 Å². The second-order valence-corrected chi connectivity index (χ2v) is 8.91. The molecule has 2 aromatic carbocycles. The first kappa shape index (κ1) is 17.3. The van der Waals surface area contributed by atoms with Crippen LogP contribution in [0.1, 0.15) is 19.8 Å². The van der Waals surface area contributed by atoms with Crippen LogP contribution in [0.5, 0.6) is 0 Å². The Bertz CT molecular complexity index is 1080. The summed E-state index contributed by atoms with van der Waals surface area (Å²) >= 11 is 1.70. The first-order chi connectivity index (χ1) is 13.5. The first-order valence-electron chi connectivity index (χ1n) is 9.35. The molecule has 28 heavy (non-hydrogen) atoms. The molecule has 2 unspecified atom stereocenters. The largest absolute Gasteiger partial charge is 0.324 e. The van der Waals surface area contributed by atoms with Crippen molar-refractivity contribution in [3.63, 3.8) is 0 Å². The van der Waals surface area contributed by atoms with Gasteiger partial charge in [0.05, 0.1) is 15.9 Å². The van der Waals surface area contributed by atoms with Gasteiger partial charge in [0.15, 0.2) is 0 Å². The Morgan fingerprint density at radius 3 is 2.82 bits per heavy atom. The van der Waals surface area contributed by atoms with E-state index in [-0.39, 0.29) is 16.7 Å². The number of hydrogen-bond donors (Lipinski definition) is 1. The van der Waals surface area contributed by atoms with Crippen LogP contribution in [0.4, 0.5) is 5.69 Å². The number of para-hydroxylation sites is 2. The van der Waals surface area contributed by atoms with Crippen molar-refractivity contribution < 1.29 is 9.59 Å². The summed E-state index contributed by atoms with van der Waals surface area (Å²) in [7, 11) is 0. The SMILES string of the molecule is CC12CCC(=O)N1C(C(=O)Nc1ccc(-n3cnc4ccccc43)cc1)CS2. The van der Waals surface area contributed by atoms with Gasteiger partial charge in [-0.3, -0.25) is 14.2 Å². The maximum Gasteiger partial charge on any atom is 0.248 e. The lowest BCUT2D eigenvalue weighted by Crippen LogP contribution is -2.48. The Morgan fingerprint density at radius 1 is 1.21 bits per heavy atom. The van der Waals surface area contributed by atoms with Crippen LogP contribution in [0.15, 0.2) is 54.9 Å². The van der Waals surface area contributed by atoms with Crippen LogP contribution in [-0.2, 0) is 9.59 Å². The van der Waals surface area contributed by atoms with Gasteiger partial charge in [-0.1, -0.05) is 12.1 Å². The third-order valence-corrected chi connectivity index (χ3v) is 7.12. The highest BCUT2D eigenvalue weighted by molar-refractivity contribution is 8.01. The van der Waals surface area contributed by atoms with Crippen molar-refractivity contribution in [2.45, 2.75) is 30.7 Å². The van der Waals surface area contributed by atoms with Gasteiger partial charge in [-0.25, -0.2) is 4.98 Å². The number of aromatic nitrogens is 2. The van der Waals surface area contributed by atoms with Crippen molar-refractivity contribution in [1.82, 2.24) is 14.5 Å². The molecule has 0 saturated carbocycles. The van der Waals surface area contributed by atoms with E-state index in [1.807, 2.05) is 53.1 Å². The molecule has 142 valence electrons.